The van der Waals surface area contributed by atoms with Crippen molar-refractivity contribution >= 4 is 17.7 Å². The number of aliphatic hydroxyl groups excluding tert-OH is 1. The van der Waals surface area contributed by atoms with Crippen molar-refractivity contribution in [3.63, 3.8) is 0 Å². The number of aliphatic hydroxyl groups is 1. The van der Waals surface area contributed by atoms with Crippen molar-refractivity contribution in [1.29, 1.82) is 0 Å². The lowest BCUT2D eigenvalue weighted by molar-refractivity contribution is -0.136. The number of ether oxygens (including phenoxy) is 1. The largest absolute Gasteiger partial charge is 0.480 e. The van der Waals surface area contributed by atoms with Gasteiger partial charge in [-0.3, -0.25) is 4.79 Å². The minimum atomic E-state index is -0.848. The molecular weight excluding hydrogens is 180 g/mol. The van der Waals surface area contributed by atoms with E-state index in [4.69, 9.17) is 9.84 Å². The molecule has 0 aromatic carbocycles. The summed E-state index contributed by atoms with van der Waals surface area (Å²) in [5.74, 6) is -0.848. The zero-order valence-corrected chi connectivity index (χ0v) is 7.58. The van der Waals surface area contributed by atoms with Crippen LogP contribution in [0, 0.1) is 0 Å². The molecule has 1 heterocycles. The molecule has 1 rings (SSSR count). The molecule has 3 atom stereocenters. The van der Waals surface area contributed by atoms with Crippen LogP contribution in [0.1, 0.15) is 6.92 Å². The molecule has 4 nitrogen and oxygen atoms in total. The third-order valence-electron chi connectivity index (χ3n) is 1.73. The second-order valence-electron chi connectivity index (χ2n) is 2.76. The van der Waals surface area contributed by atoms with Crippen molar-refractivity contribution in [2.75, 3.05) is 13.2 Å². The van der Waals surface area contributed by atoms with E-state index in [2.05, 4.69) is 0 Å². The Hall–Kier alpha value is -0.260. The number of carboxylic acid groups (broad SMARTS) is 1. The van der Waals surface area contributed by atoms with Crippen molar-refractivity contribution in [3.8, 4) is 0 Å². The van der Waals surface area contributed by atoms with Crippen LogP contribution < -0.4 is 0 Å². The van der Waals surface area contributed by atoms with Crippen LogP contribution in [0.4, 0.5) is 0 Å². The van der Waals surface area contributed by atoms with Gasteiger partial charge in [0.15, 0.2) is 0 Å². The number of rotatable bonds is 3. The summed E-state index contributed by atoms with van der Waals surface area (Å²) >= 11 is 1.25. The molecule has 0 radical (unpaired) electrons. The summed E-state index contributed by atoms with van der Waals surface area (Å²) in [6.07, 6.45) is -0.517. The molecule has 12 heavy (non-hydrogen) atoms. The van der Waals surface area contributed by atoms with Crippen LogP contribution in [0.3, 0.4) is 0 Å². The van der Waals surface area contributed by atoms with Gasteiger partial charge in [0.2, 0.25) is 0 Å². The highest BCUT2D eigenvalue weighted by Gasteiger charge is 2.29. The first-order chi connectivity index (χ1) is 5.61. The predicted octanol–water partition coefficient (Wildman–Crippen LogP) is -0.0476. The highest BCUT2D eigenvalue weighted by atomic mass is 32.2. The standard InChI is InChI=1S/C7H12O4S/c1-4(7(9)10)12-6-3-11-2-5(6)8/h4-6,8H,2-3H2,1H3,(H,9,10)/t4?,5-,6-/m1/s1. The second kappa shape index (κ2) is 4.11. The van der Waals surface area contributed by atoms with Gasteiger partial charge in [-0.25, -0.2) is 0 Å². The molecule has 0 spiro atoms. The van der Waals surface area contributed by atoms with Crippen molar-refractivity contribution < 1.29 is 19.7 Å². The van der Waals surface area contributed by atoms with Crippen molar-refractivity contribution in [1.82, 2.24) is 0 Å². The quantitative estimate of drug-likeness (QED) is 0.656. The van der Waals surface area contributed by atoms with Crippen LogP contribution in [0.2, 0.25) is 0 Å². The molecule has 1 fully saturated rings. The monoisotopic (exact) mass is 192 g/mol. The molecule has 0 saturated carbocycles. The van der Waals surface area contributed by atoms with E-state index in [1.165, 1.54) is 11.8 Å². The molecule has 0 bridgehead atoms. The zero-order valence-electron chi connectivity index (χ0n) is 6.77. The number of hydrogen-bond acceptors (Lipinski definition) is 4. The molecule has 1 unspecified atom stereocenters. The lowest BCUT2D eigenvalue weighted by atomic mass is 10.3. The highest BCUT2D eigenvalue weighted by molar-refractivity contribution is 8.01. The van der Waals surface area contributed by atoms with E-state index in [9.17, 15) is 9.90 Å². The number of carbonyl (C=O) groups is 1. The molecule has 1 aliphatic heterocycles. The van der Waals surface area contributed by atoms with Gasteiger partial charge in [0.05, 0.1) is 29.8 Å². The molecule has 2 N–H and O–H groups in total. The molecule has 0 aromatic heterocycles. The third-order valence-corrected chi connectivity index (χ3v) is 3.14. The Morgan fingerprint density at radius 3 is 2.75 bits per heavy atom. The normalized spacial score (nSPS) is 31.8. The van der Waals surface area contributed by atoms with Gasteiger partial charge in [-0.05, 0) is 6.92 Å². The summed E-state index contributed by atoms with van der Waals surface area (Å²) in [6, 6.07) is 0. The van der Waals surface area contributed by atoms with Gasteiger partial charge in [0.25, 0.3) is 0 Å². The average Bonchev–Trinajstić information content (AvgIpc) is 2.36. The first-order valence-electron chi connectivity index (χ1n) is 3.75. The minimum absolute atomic E-state index is 0.0869. The first kappa shape index (κ1) is 9.83. The number of hydrogen-bond donors (Lipinski definition) is 2. The lowest BCUT2D eigenvalue weighted by Crippen LogP contribution is -2.25. The van der Waals surface area contributed by atoms with Crippen LogP contribution in [0.25, 0.3) is 0 Å². The van der Waals surface area contributed by atoms with E-state index in [-0.39, 0.29) is 5.25 Å². The molecule has 1 saturated heterocycles. The summed E-state index contributed by atoms with van der Waals surface area (Å²) in [6.45, 7) is 2.38. The number of carboxylic acids is 1. The summed E-state index contributed by atoms with van der Waals surface area (Å²) in [5, 5.41) is 17.3. The van der Waals surface area contributed by atoms with E-state index in [1.807, 2.05) is 0 Å². The maximum absolute atomic E-state index is 10.5. The Balaban J connectivity index is 2.35. The third kappa shape index (κ3) is 2.36. The van der Waals surface area contributed by atoms with E-state index >= 15 is 0 Å². The Morgan fingerprint density at radius 2 is 2.33 bits per heavy atom. The SMILES string of the molecule is CC(S[C@@H]1COC[C@H]1O)C(=O)O. The molecule has 70 valence electrons. The van der Waals surface area contributed by atoms with Gasteiger partial charge in [0.1, 0.15) is 0 Å². The Bertz CT molecular complexity index is 173. The highest BCUT2D eigenvalue weighted by Crippen LogP contribution is 2.25. The van der Waals surface area contributed by atoms with E-state index in [0.717, 1.165) is 0 Å². The maximum Gasteiger partial charge on any atom is 0.316 e. The van der Waals surface area contributed by atoms with Gasteiger partial charge in [-0.15, -0.1) is 11.8 Å². The van der Waals surface area contributed by atoms with Gasteiger partial charge in [-0.1, -0.05) is 0 Å². The van der Waals surface area contributed by atoms with E-state index in [0.29, 0.717) is 13.2 Å². The Labute approximate surface area is 74.9 Å². The summed E-state index contributed by atoms with van der Waals surface area (Å²) in [7, 11) is 0. The smallest absolute Gasteiger partial charge is 0.316 e. The Morgan fingerprint density at radius 1 is 1.67 bits per heavy atom. The first-order valence-corrected chi connectivity index (χ1v) is 4.69. The van der Waals surface area contributed by atoms with E-state index in [1.54, 1.807) is 6.92 Å². The van der Waals surface area contributed by atoms with Gasteiger partial charge < -0.3 is 14.9 Å². The molecule has 5 heteroatoms. The van der Waals surface area contributed by atoms with Crippen LogP contribution in [0.15, 0.2) is 0 Å². The van der Waals surface area contributed by atoms with Crippen LogP contribution >= 0.6 is 11.8 Å². The Kier molecular flexibility index (Phi) is 3.37. The summed E-state index contributed by atoms with van der Waals surface area (Å²) < 4.78 is 4.99. The maximum atomic E-state index is 10.5. The average molecular weight is 192 g/mol. The zero-order chi connectivity index (χ0) is 9.14. The fourth-order valence-electron chi connectivity index (χ4n) is 0.974. The van der Waals surface area contributed by atoms with Gasteiger partial charge >= 0.3 is 5.97 Å². The summed E-state index contributed by atoms with van der Waals surface area (Å²) in [5.41, 5.74) is 0. The van der Waals surface area contributed by atoms with E-state index < -0.39 is 17.3 Å². The van der Waals surface area contributed by atoms with Gasteiger partial charge in [-0.2, -0.15) is 0 Å². The van der Waals surface area contributed by atoms with Crippen LogP contribution in [-0.2, 0) is 9.53 Å². The number of aliphatic carboxylic acids is 1. The fourth-order valence-corrected chi connectivity index (χ4v) is 2.05. The molecule has 1 aliphatic rings. The molecule has 0 amide bonds. The topological polar surface area (TPSA) is 66.8 Å². The predicted molar refractivity (Wildman–Crippen MR) is 45.3 cm³/mol. The van der Waals surface area contributed by atoms with Crippen molar-refractivity contribution in [3.05, 3.63) is 0 Å². The molecule has 0 aliphatic carbocycles. The van der Waals surface area contributed by atoms with Crippen LogP contribution in [0.5, 0.6) is 0 Å². The second-order valence-corrected chi connectivity index (χ2v) is 4.34. The van der Waals surface area contributed by atoms with Gasteiger partial charge in [0, 0.05) is 0 Å². The van der Waals surface area contributed by atoms with Crippen molar-refractivity contribution in [2.24, 2.45) is 0 Å². The lowest BCUT2D eigenvalue weighted by Gasteiger charge is -2.14. The van der Waals surface area contributed by atoms with Crippen molar-refractivity contribution in [2.45, 2.75) is 23.5 Å². The number of thioether (sulfide) groups is 1. The fraction of sp³-hybridized carbons (Fsp3) is 0.857. The molecular formula is C7H12O4S. The summed E-state index contributed by atoms with van der Waals surface area (Å²) in [4.78, 5) is 10.5. The van der Waals surface area contributed by atoms with Crippen LogP contribution in [-0.4, -0.2) is 46.0 Å². The molecule has 0 aromatic rings. The minimum Gasteiger partial charge on any atom is -0.480 e.